The molecule has 2 aromatic rings. The second-order valence-corrected chi connectivity index (χ2v) is 7.32. The number of rotatable bonds is 5. The first-order chi connectivity index (χ1) is 12.5. The van der Waals surface area contributed by atoms with Crippen LogP contribution in [-0.4, -0.2) is 28.3 Å². The highest BCUT2D eigenvalue weighted by Gasteiger charge is 2.46. The Kier molecular flexibility index (Phi) is 5.53. The molecule has 3 rings (SSSR count). The first-order valence-electron chi connectivity index (χ1n) is 8.48. The van der Waals surface area contributed by atoms with Crippen LogP contribution < -0.4 is 0 Å². The van der Waals surface area contributed by atoms with E-state index in [4.69, 9.17) is 0 Å². The molecule has 1 aliphatic rings. The Morgan fingerprint density at radius 2 is 2.04 bits per heavy atom. The molecule has 4 nitrogen and oxygen atoms in total. The minimum Gasteiger partial charge on any atom is -0.396 e. The second kappa shape index (κ2) is 7.68. The van der Waals surface area contributed by atoms with Crippen LogP contribution in [0.4, 0.5) is 4.39 Å². The average Bonchev–Trinajstić information content (AvgIpc) is 3.04. The molecule has 0 spiro atoms. The molecule has 1 heterocycles. The lowest BCUT2D eigenvalue weighted by atomic mass is 9.80. The van der Waals surface area contributed by atoms with E-state index in [0.717, 1.165) is 10.0 Å². The molecular weight excluding hydrogens is 399 g/mol. The van der Waals surface area contributed by atoms with Crippen molar-refractivity contribution in [2.45, 2.75) is 31.7 Å². The lowest BCUT2D eigenvalue weighted by Crippen LogP contribution is -2.42. The third-order valence-electron chi connectivity index (χ3n) is 4.68. The Bertz CT molecular complexity index is 841. The monoisotopic (exact) mass is 418 g/mol. The summed E-state index contributed by atoms with van der Waals surface area (Å²) < 4.78 is 15.2. The smallest absolute Gasteiger partial charge is 0.240 e. The summed E-state index contributed by atoms with van der Waals surface area (Å²) in [5.74, 6) is -0.585. The highest BCUT2D eigenvalue weighted by atomic mass is 79.9. The normalized spacial score (nSPS) is 19.5. The molecule has 136 valence electrons. The van der Waals surface area contributed by atoms with Crippen LogP contribution in [0.2, 0.25) is 0 Å². The van der Waals surface area contributed by atoms with Gasteiger partial charge >= 0.3 is 0 Å². The number of carbonyl (C=O) groups is 1. The van der Waals surface area contributed by atoms with E-state index in [0.29, 0.717) is 30.5 Å². The lowest BCUT2D eigenvalue weighted by Gasteiger charge is -2.36. The predicted molar refractivity (Wildman–Crippen MR) is 102 cm³/mol. The van der Waals surface area contributed by atoms with E-state index >= 15 is 0 Å². The van der Waals surface area contributed by atoms with Crippen LogP contribution in [0.15, 0.2) is 58.1 Å². The molecule has 1 N–H and O–H groups in total. The average molecular weight is 419 g/mol. The van der Waals surface area contributed by atoms with Crippen molar-refractivity contribution in [1.29, 1.82) is 0 Å². The van der Waals surface area contributed by atoms with E-state index in [9.17, 15) is 14.3 Å². The highest BCUT2D eigenvalue weighted by molar-refractivity contribution is 9.10. The van der Waals surface area contributed by atoms with Crippen LogP contribution >= 0.6 is 15.9 Å². The zero-order chi connectivity index (χ0) is 18.7. The highest BCUT2D eigenvalue weighted by Crippen LogP contribution is 2.43. The number of hydrazone groups is 1. The van der Waals surface area contributed by atoms with E-state index in [1.165, 1.54) is 18.0 Å². The van der Waals surface area contributed by atoms with Crippen LogP contribution in [0.25, 0.3) is 0 Å². The van der Waals surface area contributed by atoms with Gasteiger partial charge in [0.1, 0.15) is 5.82 Å². The van der Waals surface area contributed by atoms with Crippen LogP contribution in [-0.2, 0) is 10.3 Å². The van der Waals surface area contributed by atoms with Crippen molar-refractivity contribution in [2.24, 2.45) is 5.10 Å². The summed E-state index contributed by atoms with van der Waals surface area (Å²) in [6, 6.07) is 14.3. The van der Waals surface area contributed by atoms with Gasteiger partial charge in [0.2, 0.25) is 5.91 Å². The third-order valence-corrected chi connectivity index (χ3v) is 5.18. The zero-order valence-corrected chi connectivity index (χ0v) is 16.0. The van der Waals surface area contributed by atoms with E-state index in [1.54, 1.807) is 12.1 Å². The van der Waals surface area contributed by atoms with E-state index in [-0.39, 0.29) is 18.3 Å². The molecule has 0 bridgehead atoms. The zero-order valence-electron chi connectivity index (χ0n) is 14.5. The lowest BCUT2D eigenvalue weighted by molar-refractivity contribution is -0.135. The van der Waals surface area contributed by atoms with Crippen molar-refractivity contribution in [2.75, 3.05) is 6.61 Å². The van der Waals surface area contributed by atoms with Gasteiger partial charge in [-0.25, -0.2) is 9.40 Å². The fourth-order valence-corrected chi connectivity index (χ4v) is 3.89. The molecule has 1 aliphatic heterocycles. The third kappa shape index (κ3) is 3.44. The molecule has 0 aliphatic carbocycles. The van der Waals surface area contributed by atoms with Crippen molar-refractivity contribution in [1.82, 2.24) is 5.01 Å². The molecule has 0 saturated heterocycles. The fraction of sp³-hybridized carbons (Fsp3) is 0.300. The van der Waals surface area contributed by atoms with Gasteiger partial charge in [0.25, 0.3) is 0 Å². The minimum atomic E-state index is -0.722. The summed E-state index contributed by atoms with van der Waals surface area (Å²) in [5.41, 5.74) is 1.12. The fourth-order valence-electron chi connectivity index (χ4n) is 3.53. The number of aliphatic hydroxyl groups is 1. The van der Waals surface area contributed by atoms with Gasteiger partial charge in [0.05, 0.1) is 11.3 Å². The first kappa shape index (κ1) is 18.7. The maximum atomic E-state index is 14.4. The van der Waals surface area contributed by atoms with Crippen molar-refractivity contribution >= 4 is 27.5 Å². The SMILES string of the molecule is CC(=O)N1N=C(c2cc(Br)ccc2F)C[C@]1(CCCO)c1ccccc1. The van der Waals surface area contributed by atoms with Crippen molar-refractivity contribution in [3.05, 3.63) is 69.9 Å². The Morgan fingerprint density at radius 1 is 1.31 bits per heavy atom. The number of halogens is 2. The molecule has 1 amide bonds. The van der Waals surface area contributed by atoms with Gasteiger partial charge in [-0.15, -0.1) is 0 Å². The predicted octanol–water partition coefficient (Wildman–Crippen LogP) is 4.21. The Labute approximate surface area is 160 Å². The number of carbonyl (C=O) groups excluding carboxylic acids is 1. The van der Waals surface area contributed by atoms with Gasteiger partial charge in [-0.3, -0.25) is 4.79 Å². The van der Waals surface area contributed by atoms with Crippen LogP contribution in [0.5, 0.6) is 0 Å². The van der Waals surface area contributed by atoms with Gasteiger partial charge < -0.3 is 5.11 Å². The topological polar surface area (TPSA) is 52.9 Å². The summed E-state index contributed by atoms with van der Waals surface area (Å²) in [5, 5.41) is 15.3. The molecule has 26 heavy (non-hydrogen) atoms. The molecule has 0 radical (unpaired) electrons. The summed E-state index contributed by atoms with van der Waals surface area (Å²) in [4.78, 5) is 12.4. The maximum absolute atomic E-state index is 14.4. The summed E-state index contributed by atoms with van der Waals surface area (Å²) in [7, 11) is 0. The number of nitrogens with zero attached hydrogens (tertiary/aromatic N) is 2. The molecular formula is C20H20BrFN2O2. The molecule has 1 atom stereocenters. The van der Waals surface area contributed by atoms with E-state index in [2.05, 4.69) is 21.0 Å². The van der Waals surface area contributed by atoms with Gasteiger partial charge in [-0.2, -0.15) is 5.10 Å². The Morgan fingerprint density at radius 3 is 2.69 bits per heavy atom. The minimum absolute atomic E-state index is 0.0148. The van der Waals surface area contributed by atoms with Crippen molar-refractivity contribution < 1.29 is 14.3 Å². The molecule has 0 aromatic heterocycles. The second-order valence-electron chi connectivity index (χ2n) is 6.40. The largest absolute Gasteiger partial charge is 0.396 e. The Hall–Kier alpha value is -2.05. The van der Waals surface area contributed by atoms with Gasteiger partial charge in [0.15, 0.2) is 0 Å². The van der Waals surface area contributed by atoms with E-state index < -0.39 is 5.54 Å². The van der Waals surface area contributed by atoms with Gasteiger partial charge in [-0.1, -0.05) is 46.3 Å². The van der Waals surface area contributed by atoms with Crippen LogP contribution in [0.1, 0.15) is 37.3 Å². The van der Waals surface area contributed by atoms with Crippen LogP contribution in [0, 0.1) is 5.82 Å². The van der Waals surface area contributed by atoms with Gasteiger partial charge in [0, 0.05) is 30.0 Å². The standard InChI is InChI=1S/C20H20BrFN2O2/c1-14(26)24-20(10-5-11-25,15-6-3-2-4-7-15)13-19(23-24)17-12-16(21)8-9-18(17)22/h2-4,6-9,12,25H,5,10-11,13H2,1H3/t20-/m1/s1. The Balaban J connectivity index is 2.11. The quantitative estimate of drug-likeness (QED) is 0.790. The molecule has 0 saturated carbocycles. The van der Waals surface area contributed by atoms with Crippen LogP contribution in [0.3, 0.4) is 0 Å². The number of amides is 1. The number of benzene rings is 2. The number of hydrogen-bond acceptors (Lipinski definition) is 3. The van der Waals surface area contributed by atoms with Crippen molar-refractivity contribution in [3.8, 4) is 0 Å². The molecule has 2 aromatic carbocycles. The van der Waals surface area contributed by atoms with E-state index in [1.807, 2.05) is 30.3 Å². The molecule has 6 heteroatoms. The summed E-state index contributed by atoms with van der Waals surface area (Å²) in [6.45, 7) is 1.47. The first-order valence-corrected chi connectivity index (χ1v) is 9.27. The summed E-state index contributed by atoms with van der Waals surface area (Å²) >= 11 is 3.37. The maximum Gasteiger partial charge on any atom is 0.240 e. The van der Waals surface area contributed by atoms with Gasteiger partial charge in [-0.05, 0) is 36.6 Å². The number of aliphatic hydroxyl groups excluding tert-OH is 1. The summed E-state index contributed by atoms with van der Waals surface area (Å²) in [6.07, 6.45) is 1.45. The molecule has 0 unspecified atom stereocenters. The number of hydrogen-bond donors (Lipinski definition) is 1. The molecule has 0 fully saturated rings. The van der Waals surface area contributed by atoms with Crippen molar-refractivity contribution in [3.63, 3.8) is 0 Å².